The van der Waals surface area contributed by atoms with E-state index in [1.165, 1.54) is 17.7 Å². The SMILES string of the molecule is O=C(COc1cccc(C(O)(C(=O)OCC2CCN(Cc3ccccc3)CC2)c2ccccc2)c1)N[C@H]1CCCN(C(=O)c2ccc(CNC[C@H](O)c3ccc(O)c4[nH]c(=O)ccc34)cc2)C1. The molecule has 0 spiro atoms. The Labute approximate surface area is 389 Å². The van der Waals surface area contributed by atoms with Crippen LogP contribution in [0.4, 0.5) is 0 Å². The smallest absolute Gasteiger partial charge is 0.347 e. The molecular formula is C53H57N5O9. The minimum Gasteiger partial charge on any atom is -0.506 e. The van der Waals surface area contributed by atoms with E-state index in [-0.39, 0.29) is 65.9 Å². The number of piperidine rings is 2. The Morgan fingerprint density at radius 3 is 2.30 bits per heavy atom. The third-order valence-electron chi connectivity index (χ3n) is 12.7. The first-order valence-corrected chi connectivity index (χ1v) is 22.9. The second kappa shape index (κ2) is 21.6. The molecule has 2 fully saturated rings. The maximum absolute atomic E-state index is 13.9. The van der Waals surface area contributed by atoms with Gasteiger partial charge in [-0.25, -0.2) is 4.79 Å². The molecule has 2 aliphatic heterocycles. The van der Waals surface area contributed by atoms with Gasteiger partial charge in [0.2, 0.25) is 11.2 Å². The van der Waals surface area contributed by atoms with Crippen molar-refractivity contribution >= 4 is 28.7 Å². The number of carbonyl (C=O) groups excluding carboxylic acids is 3. The number of carbonyl (C=O) groups is 3. The summed E-state index contributed by atoms with van der Waals surface area (Å²) < 4.78 is 11.8. The van der Waals surface area contributed by atoms with E-state index >= 15 is 0 Å². The molecule has 3 heterocycles. The maximum Gasteiger partial charge on any atom is 0.347 e. The van der Waals surface area contributed by atoms with Gasteiger partial charge in [0, 0.05) is 61.3 Å². The molecule has 67 heavy (non-hydrogen) atoms. The van der Waals surface area contributed by atoms with E-state index in [0.29, 0.717) is 60.3 Å². The van der Waals surface area contributed by atoms with Crippen LogP contribution < -0.4 is 20.9 Å². The van der Waals surface area contributed by atoms with Gasteiger partial charge in [0.1, 0.15) is 11.5 Å². The molecule has 14 heteroatoms. The zero-order valence-electron chi connectivity index (χ0n) is 37.3. The van der Waals surface area contributed by atoms with Crippen molar-refractivity contribution in [1.82, 2.24) is 25.4 Å². The minimum absolute atomic E-state index is 0.0747. The number of amides is 2. The van der Waals surface area contributed by atoms with Gasteiger partial charge in [-0.1, -0.05) is 91.0 Å². The number of phenols is 1. The molecule has 5 aromatic carbocycles. The summed E-state index contributed by atoms with van der Waals surface area (Å²) in [5, 5.41) is 40.0. The Balaban J connectivity index is 0.805. The summed E-state index contributed by atoms with van der Waals surface area (Å²) in [6.45, 7) is 4.07. The highest BCUT2D eigenvalue weighted by molar-refractivity contribution is 5.94. The molecule has 3 atom stereocenters. The Hall–Kier alpha value is -6.84. The summed E-state index contributed by atoms with van der Waals surface area (Å²) in [5.41, 5.74) is 1.67. The predicted molar refractivity (Wildman–Crippen MR) is 253 cm³/mol. The van der Waals surface area contributed by atoms with Crippen molar-refractivity contribution in [2.75, 3.05) is 45.9 Å². The molecule has 14 nitrogen and oxygen atoms in total. The van der Waals surface area contributed by atoms with Crippen molar-refractivity contribution < 1.29 is 39.2 Å². The lowest BCUT2D eigenvalue weighted by Crippen LogP contribution is -2.50. The average molecular weight is 908 g/mol. The van der Waals surface area contributed by atoms with Crippen LogP contribution in [0.5, 0.6) is 11.5 Å². The van der Waals surface area contributed by atoms with Crippen molar-refractivity contribution in [3.63, 3.8) is 0 Å². The minimum atomic E-state index is -2.12. The number of hydrogen-bond donors (Lipinski definition) is 6. The van der Waals surface area contributed by atoms with Gasteiger partial charge in [0.25, 0.3) is 11.8 Å². The maximum atomic E-state index is 13.9. The standard InChI is InChI=1S/C53H57N5O9/c59-46-22-20-44(45-21-23-48(61)56-50(45)46)47(60)31-54-30-36-16-18-39(19-17-36)51(63)58-26-8-14-42(33-58)55-49(62)35-66-43-15-7-13-41(29-43)53(65,40-11-5-2-6-12-40)52(64)67-34-38-24-27-57(28-25-38)32-37-9-3-1-4-10-37/h1-7,9-13,15-23,29,38,42,47,54,59-60,65H,8,14,24-28,30-35H2,(H,55,62)(H,56,61)/t42-,47-,53?/m0/s1. The third kappa shape index (κ3) is 11.6. The van der Waals surface area contributed by atoms with Gasteiger partial charge in [-0.2, -0.15) is 0 Å². The molecule has 8 rings (SSSR count). The Morgan fingerprint density at radius 1 is 0.806 bits per heavy atom. The predicted octanol–water partition coefficient (Wildman–Crippen LogP) is 5.55. The van der Waals surface area contributed by atoms with E-state index in [4.69, 9.17) is 9.47 Å². The molecular weight excluding hydrogens is 851 g/mol. The number of benzene rings is 5. The van der Waals surface area contributed by atoms with Crippen molar-refractivity contribution in [2.45, 2.75) is 56.5 Å². The fourth-order valence-electron chi connectivity index (χ4n) is 9.00. The molecule has 2 amide bonds. The lowest BCUT2D eigenvalue weighted by molar-refractivity contribution is -0.164. The fourth-order valence-corrected chi connectivity index (χ4v) is 9.00. The monoisotopic (exact) mass is 907 g/mol. The van der Waals surface area contributed by atoms with Gasteiger partial charge in [-0.3, -0.25) is 19.3 Å². The van der Waals surface area contributed by atoms with E-state index in [0.717, 1.165) is 38.0 Å². The largest absolute Gasteiger partial charge is 0.506 e. The molecule has 6 N–H and O–H groups in total. The molecule has 1 aromatic heterocycles. The second-order valence-corrected chi connectivity index (χ2v) is 17.5. The quantitative estimate of drug-likeness (QED) is 0.0629. The fraction of sp³-hybridized carbons (Fsp3) is 0.321. The summed E-state index contributed by atoms with van der Waals surface area (Å²) in [6.07, 6.45) is 2.25. The van der Waals surface area contributed by atoms with Gasteiger partial charge >= 0.3 is 5.97 Å². The number of pyridine rings is 1. The molecule has 2 saturated heterocycles. The molecule has 0 radical (unpaired) electrons. The highest BCUT2D eigenvalue weighted by Gasteiger charge is 2.42. The van der Waals surface area contributed by atoms with E-state index in [9.17, 15) is 34.5 Å². The number of phenolic OH excluding ortho intramolecular Hbond substituents is 1. The second-order valence-electron chi connectivity index (χ2n) is 17.5. The van der Waals surface area contributed by atoms with Gasteiger partial charge in [-0.15, -0.1) is 0 Å². The number of rotatable bonds is 17. The number of aromatic hydroxyl groups is 1. The highest BCUT2D eigenvalue weighted by atomic mass is 16.5. The molecule has 0 bridgehead atoms. The molecule has 6 aromatic rings. The van der Waals surface area contributed by atoms with Crippen molar-refractivity contribution in [1.29, 1.82) is 0 Å². The lowest BCUT2D eigenvalue weighted by Gasteiger charge is -2.33. The number of nitrogens with one attached hydrogen (secondary N) is 3. The summed E-state index contributed by atoms with van der Waals surface area (Å²) in [4.78, 5) is 59.2. The number of esters is 1. The Kier molecular flexibility index (Phi) is 15.1. The Bertz CT molecular complexity index is 2690. The number of ether oxygens (including phenoxy) is 2. The first-order valence-electron chi connectivity index (χ1n) is 22.9. The normalized spacial score (nSPS) is 17.0. The van der Waals surface area contributed by atoms with Crippen LogP contribution in [0.1, 0.15) is 70.0 Å². The van der Waals surface area contributed by atoms with E-state index in [1.807, 2.05) is 36.4 Å². The first-order chi connectivity index (χ1) is 32.5. The molecule has 348 valence electrons. The summed E-state index contributed by atoms with van der Waals surface area (Å²) in [7, 11) is 0. The van der Waals surface area contributed by atoms with Crippen LogP contribution in [-0.4, -0.2) is 99.9 Å². The van der Waals surface area contributed by atoms with Gasteiger partial charge in [0.05, 0.1) is 18.2 Å². The number of aliphatic hydroxyl groups is 2. The zero-order valence-corrected chi connectivity index (χ0v) is 37.3. The van der Waals surface area contributed by atoms with Crippen LogP contribution in [-0.2, 0) is 33.0 Å². The van der Waals surface area contributed by atoms with E-state index < -0.39 is 17.7 Å². The number of nitrogens with zero attached hydrogens (tertiary/aromatic N) is 2. The van der Waals surface area contributed by atoms with Gasteiger partial charge < -0.3 is 45.3 Å². The van der Waals surface area contributed by atoms with Crippen molar-refractivity contribution in [2.24, 2.45) is 5.92 Å². The highest BCUT2D eigenvalue weighted by Crippen LogP contribution is 2.34. The average Bonchev–Trinajstić information content (AvgIpc) is 3.36. The number of hydrogen-bond acceptors (Lipinski definition) is 11. The topological polar surface area (TPSA) is 194 Å². The summed E-state index contributed by atoms with van der Waals surface area (Å²) in [5.74, 6) is -0.903. The van der Waals surface area contributed by atoms with Crippen LogP contribution in [0.25, 0.3) is 10.9 Å². The summed E-state index contributed by atoms with van der Waals surface area (Å²) in [6, 6.07) is 38.5. The van der Waals surface area contributed by atoms with Crippen molar-refractivity contribution in [3.8, 4) is 11.5 Å². The first kappa shape index (κ1) is 46.7. The van der Waals surface area contributed by atoms with E-state index in [1.54, 1.807) is 77.7 Å². The zero-order chi connectivity index (χ0) is 46.8. The van der Waals surface area contributed by atoms with Crippen LogP contribution in [0, 0.1) is 5.92 Å². The van der Waals surface area contributed by atoms with Gasteiger partial charge in [-0.05, 0) is 103 Å². The van der Waals surface area contributed by atoms with Crippen LogP contribution in [0.2, 0.25) is 0 Å². The number of aromatic nitrogens is 1. The van der Waals surface area contributed by atoms with Crippen LogP contribution in [0.15, 0.2) is 138 Å². The number of H-pyrrole nitrogens is 1. The Morgan fingerprint density at radius 2 is 1.54 bits per heavy atom. The molecule has 0 saturated carbocycles. The van der Waals surface area contributed by atoms with E-state index in [2.05, 4.69) is 32.7 Å². The number of aromatic amines is 1. The van der Waals surface area contributed by atoms with Crippen LogP contribution >= 0.6 is 0 Å². The molecule has 1 unspecified atom stereocenters. The van der Waals surface area contributed by atoms with Gasteiger partial charge in [0.15, 0.2) is 6.61 Å². The number of likely N-dealkylation sites (tertiary alicyclic amines) is 2. The lowest BCUT2D eigenvalue weighted by atomic mass is 9.86. The van der Waals surface area contributed by atoms with Crippen LogP contribution in [0.3, 0.4) is 0 Å². The number of fused-ring (bicyclic) bond motifs is 1. The number of aliphatic hydroxyl groups excluding tert-OH is 1. The third-order valence-corrected chi connectivity index (χ3v) is 12.7. The van der Waals surface area contributed by atoms with Crippen molar-refractivity contribution in [3.05, 3.63) is 177 Å². The summed E-state index contributed by atoms with van der Waals surface area (Å²) >= 11 is 0. The molecule has 2 aliphatic rings. The molecule has 0 aliphatic carbocycles.